The smallest absolute Gasteiger partial charge is 0.261 e. The van der Waals surface area contributed by atoms with Gasteiger partial charge in [-0.05, 0) is 112 Å². The maximum absolute atomic E-state index is 14.0. The third kappa shape index (κ3) is 4.68. The van der Waals surface area contributed by atoms with Crippen LogP contribution in [-0.2, 0) is 0 Å². The van der Waals surface area contributed by atoms with Crippen LogP contribution in [0.1, 0.15) is 84.9 Å². The number of nitrogens with one attached hydrogen (secondary N) is 5. The highest BCUT2D eigenvalue weighted by Gasteiger charge is 2.56. The van der Waals surface area contributed by atoms with Crippen LogP contribution in [-0.4, -0.2) is 65.2 Å². The summed E-state index contributed by atoms with van der Waals surface area (Å²) in [6, 6.07) is 4.12. The van der Waals surface area contributed by atoms with Crippen molar-refractivity contribution in [3.05, 3.63) is 48.0 Å². The fourth-order valence-electron chi connectivity index (χ4n) is 11.7. The van der Waals surface area contributed by atoms with Crippen molar-refractivity contribution >= 4 is 57.7 Å². The highest BCUT2D eigenvalue weighted by molar-refractivity contribution is 6.17. The number of carbonyl (C=O) groups excluding carboxylic acids is 2. The van der Waals surface area contributed by atoms with E-state index in [2.05, 4.69) is 35.9 Å². The highest BCUT2D eigenvalue weighted by Crippen LogP contribution is 2.58. The van der Waals surface area contributed by atoms with E-state index >= 15 is 0 Å². The van der Waals surface area contributed by atoms with E-state index in [1.807, 2.05) is 24.5 Å². The summed E-state index contributed by atoms with van der Waals surface area (Å²) in [6.07, 6.45) is 16.0. The van der Waals surface area contributed by atoms with E-state index in [1.54, 1.807) is 12.4 Å². The summed E-state index contributed by atoms with van der Waals surface area (Å²) in [6.45, 7) is 0. The van der Waals surface area contributed by atoms with Crippen molar-refractivity contribution < 1.29 is 19.8 Å². The van der Waals surface area contributed by atoms with Gasteiger partial charge in [0.1, 0.15) is 11.3 Å². The van der Waals surface area contributed by atoms with E-state index in [1.165, 1.54) is 0 Å². The van der Waals surface area contributed by atoms with Gasteiger partial charge in [-0.25, -0.2) is 9.97 Å². The highest BCUT2D eigenvalue weighted by atomic mass is 35.5. The van der Waals surface area contributed by atoms with Crippen molar-refractivity contribution in [2.24, 2.45) is 35.5 Å². The largest absolute Gasteiger partial charge is 0.390 e. The lowest BCUT2D eigenvalue weighted by atomic mass is 9.52. The Labute approximate surface area is 283 Å². The SMILES string of the molecule is Cl.O=C(NC(=O)c1cnc2[nH]ccc2c1N[C@H]1[C@@H]2C[C@H]3C[C@H]1C[C@@](O)(C3)C2)c1cnc2[nH]ccc2c1N[C@H]1[C@@H]2C[C@H]3C[C@H]1C[C@@](O)(C3)C2. The van der Waals surface area contributed by atoms with Gasteiger partial charge >= 0.3 is 0 Å². The van der Waals surface area contributed by atoms with Crippen molar-refractivity contribution in [1.29, 1.82) is 0 Å². The van der Waals surface area contributed by atoms with Gasteiger partial charge in [-0.3, -0.25) is 14.9 Å². The quantitative estimate of drug-likeness (QED) is 0.138. The molecule has 8 fully saturated rings. The maximum Gasteiger partial charge on any atom is 0.261 e. The molecule has 252 valence electrons. The van der Waals surface area contributed by atoms with Crippen LogP contribution in [0.4, 0.5) is 11.4 Å². The Hall–Kier alpha value is -3.67. The number of hydrogen-bond donors (Lipinski definition) is 7. The molecule has 0 unspecified atom stereocenters. The van der Waals surface area contributed by atoms with Crippen LogP contribution in [0.2, 0.25) is 0 Å². The van der Waals surface area contributed by atoms with Gasteiger partial charge < -0.3 is 30.8 Å². The molecule has 7 N–H and O–H groups in total. The fraction of sp³-hybridized carbons (Fsp3) is 0.556. The topological polar surface area (TPSA) is 168 Å². The molecule has 12 rings (SSSR count). The van der Waals surface area contributed by atoms with Crippen molar-refractivity contribution in [2.75, 3.05) is 10.6 Å². The molecular formula is C36H42ClN7O4. The normalized spacial score (nSPS) is 37.1. The van der Waals surface area contributed by atoms with Gasteiger partial charge in [0.2, 0.25) is 0 Å². The summed E-state index contributed by atoms with van der Waals surface area (Å²) in [4.78, 5) is 43.4. The minimum absolute atomic E-state index is 0. The molecule has 10 atom stereocenters. The van der Waals surface area contributed by atoms with Crippen molar-refractivity contribution in [2.45, 2.75) is 87.5 Å². The molecule has 4 aromatic heterocycles. The van der Waals surface area contributed by atoms with Gasteiger partial charge in [-0.1, -0.05) is 0 Å². The molecule has 0 spiro atoms. The summed E-state index contributed by atoms with van der Waals surface area (Å²) in [5.41, 5.74) is 2.22. The molecule has 0 radical (unpaired) electrons. The summed E-state index contributed by atoms with van der Waals surface area (Å²) < 4.78 is 0. The summed E-state index contributed by atoms with van der Waals surface area (Å²) in [7, 11) is 0. The molecule has 0 aliphatic heterocycles. The maximum atomic E-state index is 14.0. The number of rotatable bonds is 6. The molecule has 4 heterocycles. The second-order valence-corrected chi connectivity index (χ2v) is 16.1. The predicted octanol–water partition coefficient (Wildman–Crippen LogP) is 5.13. The van der Waals surface area contributed by atoms with Gasteiger partial charge in [0.25, 0.3) is 11.8 Å². The van der Waals surface area contributed by atoms with Crippen LogP contribution in [0.5, 0.6) is 0 Å². The Balaban J connectivity index is 0.00000314. The molecule has 4 aromatic rings. The lowest BCUT2D eigenvalue weighted by molar-refractivity contribution is -0.129. The standard InChI is InChI=1S/C36H41N7O4.ClH/c44-33(25-15-39-31-23(1-3-37-31)29(25)41-27-19-5-17-6-20(27)12-35(46,9-17)11-19)43-34(45)26-16-40-32-24(2-4-38-32)30(26)42-28-21-7-18-8-22(28)14-36(47,10-18)13-21;/h1-4,15-22,27-28,46-47H,5-14H2,(H2,37,39,41)(H2,38,40,42)(H,43,44,45);1H/t17-,18-,19+,20-,21+,22-,27-,28-,35+,36+;. The number of nitrogens with zero attached hydrogens (tertiary/aromatic N) is 2. The third-order valence-corrected chi connectivity index (χ3v) is 13.0. The first-order valence-electron chi connectivity index (χ1n) is 17.5. The molecule has 8 bridgehead atoms. The second kappa shape index (κ2) is 10.7. The minimum atomic E-state index is -0.556. The van der Waals surface area contributed by atoms with E-state index in [0.717, 1.165) is 75.0 Å². The fourth-order valence-corrected chi connectivity index (χ4v) is 11.7. The van der Waals surface area contributed by atoms with Crippen molar-refractivity contribution in [3.8, 4) is 0 Å². The second-order valence-electron chi connectivity index (χ2n) is 16.1. The summed E-state index contributed by atoms with van der Waals surface area (Å²) >= 11 is 0. The van der Waals surface area contributed by atoms with Gasteiger partial charge in [0, 0.05) is 47.6 Å². The van der Waals surface area contributed by atoms with Gasteiger partial charge in [0.05, 0.1) is 33.7 Å². The Morgan fingerprint density at radius 3 is 1.44 bits per heavy atom. The van der Waals surface area contributed by atoms with Crippen LogP contribution in [0, 0.1) is 35.5 Å². The van der Waals surface area contributed by atoms with E-state index in [4.69, 9.17) is 0 Å². The number of pyridine rings is 2. The molecule has 8 aliphatic rings. The number of hydrogen-bond acceptors (Lipinski definition) is 8. The lowest BCUT2D eigenvalue weighted by Gasteiger charge is -2.58. The first-order valence-corrected chi connectivity index (χ1v) is 17.5. The number of amides is 2. The third-order valence-electron chi connectivity index (χ3n) is 13.0. The van der Waals surface area contributed by atoms with E-state index < -0.39 is 23.0 Å². The first kappa shape index (κ1) is 30.4. The molecule has 0 saturated heterocycles. The molecule has 2 amide bonds. The number of aromatic nitrogens is 4. The zero-order valence-electron chi connectivity index (χ0n) is 26.7. The van der Waals surface area contributed by atoms with Gasteiger partial charge in [-0.15, -0.1) is 12.4 Å². The number of H-pyrrole nitrogens is 2. The van der Waals surface area contributed by atoms with Crippen LogP contribution >= 0.6 is 12.4 Å². The Kier molecular flexibility index (Phi) is 6.75. The molecule has 48 heavy (non-hydrogen) atoms. The van der Waals surface area contributed by atoms with Crippen LogP contribution < -0.4 is 16.0 Å². The average Bonchev–Trinajstić information content (AvgIpc) is 3.69. The number of aliphatic hydroxyl groups is 2. The number of aromatic amines is 2. The van der Waals surface area contributed by atoms with E-state index in [-0.39, 0.29) is 24.5 Å². The van der Waals surface area contributed by atoms with Gasteiger partial charge in [-0.2, -0.15) is 0 Å². The van der Waals surface area contributed by atoms with Crippen molar-refractivity contribution in [3.63, 3.8) is 0 Å². The summed E-state index contributed by atoms with van der Waals surface area (Å²) in [5, 5.41) is 34.1. The number of halogens is 1. The molecule has 11 nitrogen and oxygen atoms in total. The number of imide groups is 1. The van der Waals surface area contributed by atoms with E-state index in [9.17, 15) is 19.8 Å². The number of anilines is 2. The Morgan fingerprint density at radius 2 is 1.06 bits per heavy atom. The zero-order valence-corrected chi connectivity index (χ0v) is 27.5. The molecule has 12 heteroatoms. The van der Waals surface area contributed by atoms with Crippen molar-refractivity contribution in [1.82, 2.24) is 25.3 Å². The molecular weight excluding hydrogens is 630 g/mol. The van der Waals surface area contributed by atoms with Gasteiger partial charge in [0.15, 0.2) is 0 Å². The molecule has 8 aliphatic carbocycles. The van der Waals surface area contributed by atoms with E-state index in [0.29, 0.717) is 69.3 Å². The van der Waals surface area contributed by atoms with Crippen LogP contribution in [0.3, 0.4) is 0 Å². The molecule has 0 aromatic carbocycles. The number of carbonyl (C=O) groups is 2. The first-order chi connectivity index (χ1) is 22.7. The van der Waals surface area contributed by atoms with Crippen LogP contribution in [0.25, 0.3) is 22.1 Å². The average molecular weight is 672 g/mol. The Morgan fingerprint density at radius 1 is 0.667 bits per heavy atom. The number of fused-ring (bicyclic) bond motifs is 2. The zero-order chi connectivity index (χ0) is 31.7. The minimum Gasteiger partial charge on any atom is -0.390 e. The Bertz CT molecular complexity index is 1790. The lowest BCUT2D eigenvalue weighted by Crippen LogP contribution is -2.59. The van der Waals surface area contributed by atoms with Crippen LogP contribution in [0.15, 0.2) is 36.9 Å². The molecule has 8 saturated carbocycles. The predicted molar refractivity (Wildman–Crippen MR) is 183 cm³/mol. The monoisotopic (exact) mass is 671 g/mol. The summed E-state index contributed by atoms with van der Waals surface area (Å²) in [5.74, 6) is 1.44.